The Bertz CT molecular complexity index is 888. The molecule has 7 heteroatoms. The van der Waals surface area contributed by atoms with Gasteiger partial charge in [-0.3, -0.25) is 9.59 Å². The molecule has 0 aliphatic carbocycles. The quantitative estimate of drug-likeness (QED) is 0.546. The van der Waals surface area contributed by atoms with Crippen LogP contribution in [0.15, 0.2) is 48.5 Å². The smallest absolute Gasteiger partial charge is 0.337 e. The molecule has 0 bridgehead atoms. The largest absolute Gasteiger partial charge is 0.489 e. The van der Waals surface area contributed by atoms with Crippen LogP contribution >= 0.6 is 0 Å². The van der Waals surface area contributed by atoms with Crippen LogP contribution in [0.3, 0.4) is 0 Å². The van der Waals surface area contributed by atoms with Crippen molar-refractivity contribution in [1.29, 1.82) is 0 Å². The van der Waals surface area contributed by atoms with Gasteiger partial charge in [-0.1, -0.05) is 12.1 Å². The summed E-state index contributed by atoms with van der Waals surface area (Å²) >= 11 is 0. The predicted octanol–water partition coefficient (Wildman–Crippen LogP) is 3.86. The maximum atomic E-state index is 12.8. The molecule has 7 nitrogen and oxygen atoms in total. The van der Waals surface area contributed by atoms with E-state index in [4.69, 9.17) is 4.74 Å². The summed E-state index contributed by atoms with van der Waals surface area (Å²) < 4.78 is 10.3. The molecular weight excluding hydrogens is 372 g/mol. The molecule has 29 heavy (non-hydrogen) atoms. The van der Waals surface area contributed by atoms with Crippen LogP contribution < -0.4 is 15.4 Å². The van der Waals surface area contributed by atoms with E-state index in [2.05, 4.69) is 15.4 Å². The molecule has 2 amide bonds. The van der Waals surface area contributed by atoms with E-state index in [-0.39, 0.29) is 6.10 Å². The number of carbonyl (C=O) groups is 3. The van der Waals surface area contributed by atoms with Gasteiger partial charge < -0.3 is 20.1 Å². The van der Waals surface area contributed by atoms with E-state index in [9.17, 15) is 14.4 Å². The number of nitrogens with one attached hydrogen (secondary N) is 2. The zero-order valence-electron chi connectivity index (χ0n) is 17.2. The van der Waals surface area contributed by atoms with Gasteiger partial charge >= 0.3 is 5.97 Å². The van der Waals surface area contributed by atoms with E-state index < -0.39 is 23.2 Å². The van der Waals surface area contributed by atoms with Crippen LogP contribution in [-0.2, 0) is 14.3 Å². The van der Waals surface area contributed by atoms with Gasteiger partial charge in [0.15, 0.2) is 0 Å². The van der Waals surface area contributed by atoms with Gasteiger partial charge in [-0.2, -0.15) is 0 Å². The number of esters is 1. The van der Waals surface area contributed by atoms with Crippen LogP contribution in [-0.4, -0.2) is 31.0 Å². The maximum Gasteiger partial charge on any atom is 0.337 e. The second-order valence-electron chi connectivity index (χ2n) is 7.26. The van der Waals surface area contributed by atoms with Crippen LogP contribution in [0.4, 0.5) is 11.4 Å². The monoisotopic (exact) mass is 398 g/mol. The first-order valence-corrected chi connectivity index (χ1v) is 9.22. The first kappa shape index (κ1) is 21.9. The van der Waals surface area contributed by atoms with Crippen molar-refractivity contribution in [3.8, 4) is 5.75 Å². The Hall–Kier alpha value is -3.35. The minimum absolute atomic E-state index is 0.0580. The van der Waals surface area contributed by atoms with Crippen LogP contribution in [0.1, 0.15) is 38.1 Å². The highest BCUT2D eigenvalue weighted by Crippen LogP contribution is 2.28. The fourth-order valence-corrected chi connectivity index (χ4v) is 2.40. The Labute approximate surface area is 170 Å². The molecule has 0 atom stereocenters. The number of ether oxygens (including phenoxy) is 2. The Kier molecular flexibility index (Phi) is 6.98. The summed E-state index contributed by atoms with van der Waals surface area (Å²) in [6.07, 6.45) is -0.0580. The molecule has 0 unspecified atom stereocenters. The van der Waals surface area contributed by atoms with E-state index >= 15 is 0 Å². The molecule has 0 saturated carbocycles. The highest BCUT2D eigenvalue weighted by molar-refractivity contribution is 6.14. The highest BCUT2D eigenvalue weighted by atomic mass is 16.5. The topological polar surface area (TPSA) is 93.7 Å². The molecule has 0 heterocycles. The zero-order chi connectivity index (χ0) is 21.6. The van der Waals surface area contributed by atoms with Gasteiger partial charge in [0.2, 0.25) is 11.8 Å². The van der Waals surface area contributed by atoms with E-state index in [0.717, 1.165) is 0 Å². The Balaban J connectivity index is 2.10. The summed E-state index contributed by atoms with van der Waals surface area (Å²) in [5.41, 5.74) is -0.0303. The summed E-state index contributed by atoms with van der Waals surface area (Å²) in [5, 5.41) is 5.47. The average Bonchev–Trinajstić information content (AvgIpc) is 2.68. The first-order valence-electron chi connectivity index (χ1n) is 9.22. The molecule has 0 saturated heterocycles. The average molecular weight is 398 g/mol. The van der Waals surface area contributed by atoms with Gasteiger partial charge in [-0.15, -0.1) is 0 Å². The summed E-state index contributed by atoms with van der Waals surface area (Å²) in [7, 11) is 1.30. The van der Waals surface area contributed by atoms with Crippen molar-refractivity contribution in [1.82, 2.24) is 0 Å². The Morgan fingerprint density at radius 2 is 1.48 bits per heavy atom. The molecule has 0 spiro atoms. The fourth-order valence-electron chi connectivity index (χ4n) is 2.40. The molecule has 2 N–H and O–H groups in total. The third-order valence-electron chi connectivity index (χ3n) is 4.20. The van der Waals surface area contributed by atoms with Gasteiger partial charge in [-0.05, 0) is 64.1 Å². The van der Waals surface area contributed by atoms with Crippen molar-refractivity contribution >= 4 is 29.2 Å². The number of methoxy groups -OCH3 is 1. The summed E-state index contributed by atoms with van der Waals surface area (Å²) in [6, 6.07) is 13.3. The fraction of sp³-hybridized carbons (Fsp3) is 0.318. The molecule has 0 aromatic heterocycles. The van der Waals surface area contributed by atoms with Crippen LogP contribution in [0.25, 0.3) is 0 Å². The summed E-state index contributed by atoms with van der Waals surface area (Å²) in [6.45, 7) is 6.85. The van der Waals surface area contributed by atoms with Crippen molar-refractivity contribution in [3.63, 3.8) is 0 Å². The Morgan fingerprint density at radius 1 is 0.897 bits per heavy atom. The van der Waals surface area contributed by atoms with Crippen LogP contribution in [0, 0.1) is 5.41 Å². The third kappa shape index (κ3) is 5.57. The zero-order valence-corrected chi connectivity index (χ0v) is 17.2. The van der Waals surface area contributed by atoms with Crippen molar-refractivity contribution in [2.24, 2.45) is 5.41 Å². The molecule has 2 aromatic rings. The molecule has 2 aromatic carbocycles. The number of amides is 2. The van der Waals surface area contributed by atoms with Gasteiger partial charge in [0.05, 0.1) is 24.5 Å². The van der Waals surface area contributed by atoms with Gasteiger partial charge in [0, 0.05) is 5.69 Å². The number of carbonyl (C=O) groups excluding carboxylic acids is 3. The van der Waals surface area contributed by atoms with Crippen molar-refractivity contribution in [2.75, 3.05) is 17.7 Å². The number of para-hydroxylation sites is 2. The predicted molar refractivity (Wildman–Crippen MR) is 111 cm³/mol. The number of anilines is 2. The molecule has 0 fully saturated rings. The van der Waals surface area contributed by atoms with Crippen LogP contribution in [0.5, 0.6) is 5.75 Å². The van der Waals surface area contributed by atoms with E-state index in [1.165, 1.54) is 33.1 Å². The molecule has 0 radical (unpaired) electrons. The van der Waals surface area contributed by atoms with Gasteiger partial charge in [0.25, 0.3) is 0 Å². The molecule has 154 valence electrons. The van der Waals surface area contributed by atoms with Crippen molar-refractivity contribution in [2.45, 2.75) is 33.8 Å². The van der Waals surface area contributed by atoms with Gasteiger partial charge in [-0.25, -0.2) is 4.79 Å². The maximum absolute atomic E-state index is 12.8. The Morgan fingerprint density at radius 3 is 2.07 bits per heavy atom. The lowest BCUT2D eigenvalue weighted by Crippen LogP contribution is -2.41. The molecule has 0 aliphatic rings. The normalized spacial score (nSPS) is 11.0. The number of benzene rings is 2. The lowest BCUT2D eigenvalue weighted by Gasteiger charge is -2.24. The van der Waals surface area contributed by atoms with Crippen LogP contribution in [0.2, 0.25) is 0 Å². The standard InChI is InChI=1S/C22H26N2O5/c1-14(2)29-18-9-7-6-8-17(18)24-21(27)22(3,4)20(26)23-16-12-10-15(11-13-16)19(25)28-5/h6-14H,1-5H3,(H,23,26)(H,24,27). The number of hydrogen-bond donors (Lipinski definition) is 2. The van der Waals surface area contributed by atoms with Crippen molar-refractivity contribution < 1.29 is 23.9 Å². The number of rotatable bonds is 7. The molecule has 2 rings (SSSR count). The first-order chi connectivity index (χ1) is 13.6. The number of hydrogen-bond acceptors (Lipinski definition) is 5. The third-order valence-corrected chi connectivity index (χ3v) is 4.20. The second kappa shape index (κ2) is 9.23. The summed E-state index contributed by atoms with van der Waals surface area (Å²) in [4.78, 5) is 37.0. The lowest BCUT2D eigenvalue weighted by molar-refractivity contribution is -0.135. The van der Waals surface area contributed by atoms with E-state index in [1.807, 2.05) is 19.9 Å². The minimum atomic E-state index is -1.36. The molecular formula is C22H26N2O5. The SMILES string of the molecule is COC(=O)c1ccc(NC(=O)C(C)(C)C(=O)Nc2ccccc2OC(C)C)cc1. The summed E-state index contributed by atoms with van der Waals surface area (Å²) in [5.74, 6) is -0.889. The van der Waals surface area contributed by atoms with Gasteiger partial charge in [0.1, 0.15) is 11.2 Å². The van der Waals surface area contributed by atoms with E-state index in [1.54, 1.807) is 30.3 Å². The highest BCUT2D eigenvalue weighted by Gasteiger charge is 2.36. The lowest BCUT2D eigenvalue weighted by atomic mass is 9.90. The van der Waals surface area contributed by atoms with Crippen molar-refractivity contribution in [3.05, 3.63) is 54.1 Å². The minimum Gasteiger partial charge on any atom is -0.489 e. The van der Waals surface area contributed by atoms with E-state index in [0.29, 0.717) is 22.7 Å². The second-order valence-corrected chi connectivity index (χ2v) is 7.26. The molecule has 0 aliphatic heterocycles.